The van der Waals surface area contributed by atoms with Crippen molar-refractivity contribution in [2.45, 2.75) is 176 Å². The van der Waals surface area contributed by atoms with E-state index in [1.165, 1.54) is 39.2 Å². The van der Waals surface area contributed by atoms with E-state index in [-0.39, 0.29) is 43.5 Å². The number of benzene rings is 4. The molecule has 8 aromatic heterocycles. The molecule has 4 unspecified atom stereocenters. The Morgan fingerprint density at radius 2 is 0.882 bits per heavy atom. The summed E-state index contributed by atoms with van der Waals surface area (Å²) in [6.07, 6.45) is 7.70. The van der Waals surface area contributed by atoms with Gasteiger partial charge in [0.25, 0.3) is 0 Å². The molecule has 5 fully saturated rings. The number of aryl methyl sites for hydroxylation is 8. The highest BCUT2D eigenvalue weighted by atomic mass is 16.5. The second kappa shape index (κ2) is 45.0. The quantitative estimate of drug-likeness (QED) is 0.0189. The molecule has 0 radical (unpaired) electrons. The number of nitrogens with zero attached hydrogens (tertiary/aromatic N) is 16. The lowest BCUT2D eigenvalue weighted by atomic mass is 9.73. The third kappa shape index (κ3) is 24.0. The van der Waals surface area contributed by atoms with Crippen LogP contribution >= 0.6 is 0 Å². The maximum atomic E-state index is 12.2. The largest absolute Gasteiger partial charge is 0.491 e. The van der Waals surface area contributed by atoms with Crippen molar-refractivity contribution >= 4 is 17.7 Å². The van der Waals surface area contributed by atoms with Gasteiger partial charge in [-0.1, -0.05) is 95.3 Å². The number of rotatable bonds is 33. The Hall–Kier alpha value is -12.5. The minimum atomic E-state index is -0.618. The number of likely N-dealkylation sites (tertiary alicyclic amines) is 1. The molecule has 136 heavy (non-hydrogen) atoms. The van der Waals surface area contributed by atoms with Crippen LogP contribution in [0, 0.1) is 74.7 Å². The molecule has 2 aliphatic carbocycles. The van der Waals surface area contributed by atoms with Crippen molar-refractivity contribution in [3.05, 3.63) is 172 Å². The molecular weight excluding hydrogens is 1730 g/mol. The van der Waals surface area contributed by atoms with Gasteiger partial charge in [-0.15, -0.1) is 0 Å². The molecule has 5 aliphatic rings. The second-order valence-corrected chi connectivity index (χ2v) is 36.3. The third-order valence-corrected chi connectivity index (χ3v) is 25.6. The molecule has 1 spiro atoms. The number of methoxy groups -OCH3 is 2. The summed E-state index contributed by atoms with van der Waals surface area (Å²) in [5.41, 5.74) is 16.1. The summed E-state index contributed by atoms with van der Waals surface area (Å²) in [7, 11) is 12.4. The fourth-order valence-electron chi connectivity index (χ4n) is 18.4. The van der Waals surface area contributed by atoms with Gasteiger partial charge >= 0.3 is 6.09 Å². The maximum Gasteiger partial charge on any atom is 0.409 e. The molecule has 17 rings (SSSR count). The van der Waals surface area contributed by atoms with E-state index in [9.17, 15) is 25.2 Å². The van der Waals surface area contributed by atoms with E-state index in [2.05, 4.69) is 88.5 Å². The first-order valence-corrected chi connectivity index (χ1v) is 46.6. The summed E-state index contributed by atoms with van der Waals surface area (Å²) < 4.78 is 55.4. The Morgan fingerprint density at radius 1 is 0.471 bits per heavy atom. The van der Waals surface area contributed by atoms with Gasteiger partial charge < -0.3 is 103 Å². The number of carbonyl (C=O) groups excluding carboxylic acids is 1. The number of amides is 1. The molecule has 12 aromatic rings. The minimum absolute atomic E-state index is 0.164. The van der Waals surface area contributed by atoms with E-state index >= 15 is 0 Å². The van der Waals surface area contributed by atoms with Crippen molar-refractivity contribution in [2.75, 3.05) is 145 Å². The number of piperazine rings is 2. The number of aliphatic hydroxyl groups is 4. The standard InChI is InChI=1S/C27H34N6O5.C27H36N4O3.C26H34N6O3.C21H26N4O4/c1-17-24(18(2)38-31-17)22-13-23(33-11-10-32(26(35)36-4)16-27(33)8-9-27)30-25(29-22)19-6-5-7-21(12-19)37-15-20(34)14-28-3;1-18-25(19(2)34-31-18)24-14-21(15-27(3)11-6-5-7-12-27)29-26(30-24)20-9-8-10-23(13-20)33-17-22(32)16-28-4;1-15-24(23-16(2)30-35-17(23)3)28-25(29-26(15)32-13-19-10-20(32)12-31(19)5)18-7-6-8-22(9-18)34-14-21(33)11-27-4;1-12-19(18-13(2)25-29-14(18)3)23-20(24-21(12)27-5)15-7-6-8-17(9-15)28-11-16(26)10-22-4/h5-7,12-13,20,28,34H,8-11,14-16H2,1-4H3;8-10,13-14,22,28,32H,5-7,11-12,15-17H2,1-4H3;6-9,19-21,27,33H,10-14H2,1-5H3;6-9,16,22,26H,10-11H2,1-5H3/t;;19-,20-,21?;/m..0./s1. The number of aliphatic hydroxyl groups excluding tert-OH is 4. The molecule has 4 aromatic carbocycles. The summed E-state index contributed by atoms with van der Waals surface area (Å²) in [5.74, 6) is 10.1. The van der Waals surface area contributed by atoms with Gasteiger partial charge in [0.2, 0.25) is 5.88 Å². The van der Waals surface area contributed by atoms with Crippen LogP contribution in [0.4, 0.5) is 16.4 Å². The third-order valence-electron chi connectivity index (χ3n) is 25.6. The van der Waals surface area contributed by atoms with Crippen LogP contribution in [0.15, 0.2) is 127 Å². The number of fused-ring (bicyclic) bond motifs is 2. The van der Waals surface area contributed by atoms with Crippen LogP contribution < -0.4 is 54.8 Å². The summed E-state index contributed by atoms with van der Waals surface area (Å²) in [4.78, 5) is 60.5. The zero-order valence-corrected chi connectivity index (χ0v) is 81.3. The monoisotopic (exact) mass is 1860 g/mol. The summed E-state index contributed by atoms with van der Waals surface area (Å²) >= 11 is 0. The van der Waals surface area contributed by atoms with Gasteiger partial charge in [-0.25, -0.2) is 39.7 Å². The molecule has 3 saturated heterocycles. The molecule has 2 saturated carbocycles. The molecule has 1 amide bonds. The van der Waals surface area contributed by atoms with Crippen molar-refractivity contribution in [3.8, 4) is 119 Å². The zero-order valence-electron chi connectivity index (χ0n) is 81.3. The number of carbonyl (C=O) groups is 1. The second-order valence-electron chi connectivity index (χ2n) is 36.3. The first kappa shape index (κ1) is 99.5. The topological polar surface area (TPSA) is 422 Å². The smallest absolute Gasteiger partial charge is 0.409 e. The average Bonchev–Trinajstić information content (AvgIpc) is 1.58. The predicted octanol–water partition coefficient (Wildman–Crippen LogP) is 13.0. The van der Waals surface area contributed by atoms with Crippen molar-refractivity contribution in [2.24, 2.45) is 5.41 Å². The summed E-state index contributed by atoms with van der Waals surface area (Å²) in [6.45, 7) is 28.0. The van der Waals surface area contributed by atoms with Crippen molar-refractivity contribution < 1.29 is 71.7 Å². The lowest BCUT2D eigenvalue weighted by Gasteiger charge is -2.42. The number of aromatic nitrogens is 12. The Labute approximate surface area is 794 Å². The number of anilines is 2. The Balaban J connectivity index is 0.000000146. The lowest BCUT2D eigenvalue weighted by molar-refractivity contribution is 0.108. The van der Waals surface area contributed by atoms with Crippen LogP contribution in [0.3, 0.4) is 0 Å². The number of hydrogen-bond donors (Lipinski definition) is 8. The SMILES string of the molecule is CNCC(O)COc1cccc(-c2nc(-c3c(C)noc3C)c(C)c(N3C[C@@H]4C[C@H]3CN4C)n2)c1.CNCC(O)COc1cccc(-c2nc(-c3c(C)noc3C)cc(N3CCN(C(=O)OC)CC34CC4)n2)c1.CNCC(O)COc1cccc(-c2nc(CC3(C)CCCCC3)cc(-c3c(C)noc3C)n2)c1.CNCC(O)COc1cccc(-c2nc(OC)c(C)c(-c3c(C)noc3C)n2)c1. The number of nitrogens with one attached hydrogen (secondary N) is 4. The highest BCUT2D eigenvalue weighted by molar-refractivity contribution is 5.78. The van der Waals surface area contributed by atoms with E-state index < -0.39 is 24.4 Å². The zero-order chi connectivity index (χ0) is 96.6. The van der Waals surface area contributed by atoms with Gasteiger partial charge in [0, 0.05) is 116 Å². The van der Waals surface area contributed by atoms with Gasteiger partial charge in [0.05, 0.1) is 87.6 Å². The molecule has 3 aliphatic heterocycles. The normalized spacial score (nSPS) is 16.7. The van der Waals surface area contributed by atoms with Crippen LogP contribution in [0.2, 0.25) is 0 Å². The fourth-order valence-corrected chi connectivity index (χ4v) is 18.4. The fraction of sp³-hybridized carbons (Fsp3) is 0.475. The lowest BCUT2D eigenvalue weighted by Crippen LogP contribution is -2.57. The van der Waals surface area contributed by atoms with Crippen LogP contribution in [0.5, 0.6) is 28.9 Å². The van der Waals surface area contributed by atoms with Crippen molar-refractivity contribution in [1.29, 1.82) is 0 Å². The number of hydrogen-bond acceptors (Lipinski definition) is 34. The highest BCUT2D eigenvalue weighted by Gasteiger charge is 2.53. The van der Waals surface area contributed by atoms with Gasteiger partial charge in [-0.05, 0) is 203 Å². The summed E-state index contributed by atoms with van der Waals surface area (Å²) in [6, 6.07) is 35.6. The molecule has 6 atom stereocenters. The molecule has 8 N–H and O–H groups in total. The maximum absolute atomic E-state index is 12.2. The first-order chi connectivity index (χ1) is 65.5. The van der Waals surface area contributed by atoms with Crippen molar-refractivity contribution in [3.63, 3.8) is 0 Å². The Kier molecular flexibility index (Phi) is 32.9. The molecule has 35 nitrogen and oxygen atoms in total. The molecule has 724 valence electrons. The Morgan fingerprint density at radius 3 is 1.27 bits per heavy atom. The van der Waals surface area contributed by atoms with Crippen LogP contribution in [-0.4, -0.2) is 274 Å². The molecular formula is C101H130N20O15. The van der Waals surface area contributed by atoms with Gasteiger partial charge in [0.1, 0.15) is 109 Å². The van der Waals surface area contributed by atoms with E-state index in [1.807, 2.05) is 165 Å². The Bertz CT molecular complexity index is 5970. The van der Waals surface area contributed by atoms with Crippen molar-refractivity contribution in [1.82, 2.24) is 91.6 Å². The van der Waals surface area contributed by atoms with E-state index in [0.29, 0.717) is 122 Å². The average molecular weight is 1860 g/mol. The number of likely N-dealkylation sites (N-methyl/N-ethyl adjacent to an activating group) is 5. The van der Waals surface area contributed by atoms with Crippen LogP contribution in [0.25, 0.3) is 90.6 Å². The predicted molar refractivity (Wildman–Crippen MR) is 518 cm³/mol. The number of ether oxygens (including phenoxy) is 6. The minimum Gasteiger partial charge on any atom is -0.491 e. The molecule has 2 bridgehead atoms. The molecule has 35 heteroatoms. The highest BCUT2D eigenvalue weighted by Crippen LogP contribution is 2.49. The van der Waals surface area contributed by atoms with Gasteiger partial charge in [-0.2, -0.15) is 4.98 Å². The van der Waals surface area contributed by atoms with Crippen LogP contribution in [-0.2, 0) is 11.2 Å². The van der Waals surface area contributed by atoms with Crippen LogP contribution in [0.1, 0.15) is 121 Å². The van der Waals surface area contributed by atoms with Gasteiger partial charge in [0.15, 0.2) is 23.3 Å². The van der Waals surface area contributed by atoms with Gasteiger partial charge in [-0.3, -0.25) is 4.90 Å². The van der Waals surface area contributed by atoms with E-state index in [1.54, 1.807) is 40.2 Å². The van der Waals surface area contributed by atoms with E-state index in [0.717, 1.165) is 169 Å². The first-order valence-electron chi connectivity index (χ1n) is 46.6. The summed E-state index contributed by atoms with van der Waals surface area (Å²) in [5, 5.41) is 68.1. The van der Waals surface area contributed by atoms with E-state index in [4.69, 9.17) is 81.4 Å². The molecule has 11 heterocycles.